The molecule has 2 aromatic rings. The first-order chi connectivity index (χ1) is 14.7. The van der Waals surface area contributed by atoms with Crippen molar-refractivity contribution in [1.82, 2.24) is 10.2 Å². The molecule has 7 heteroatoms. The number of hydrogen-bond acceptors (Lipinski definition) is 4. The van der Waals surface area contributed by atoms with E-state index in [0.717, 1.165) is 22.5 Å². The van der Waals surface area contributed by atoms with Crippen molar-refractivity contribution in [1.29, 1.82) is 0 Å². The van der Waals surface area contributed by atoms with Gasteiger partial charge >= 0.3 is 6.03 Å². The summed E-state index contributed by atoms with van der Waals surface area (Å²) in [5, 5.41) is 5.43. The highest BCUT2D eigenvalue weighted by atomic mass is 16.5. The van der Waals surface area contributed by atoms with Gasteiger partial charge in [-0.2, -0.15) is 0 Å². The van der Waals surface area contributed by atoms with E-state index in [2.05, 4.69) is 17.2 Å². The summed E-state index contributed by atoms with van der Waals surface area (Å²) in [4.78, 5) is 38.9. The fraction of sp³-hybridized carbons (Fsp3) is 0.292. The summed E-state index contributed by atoms with van der Waals surface area (Å²) in [6.07, 6.45) is 0.899. The molecule has 0 saturated carbocycles. The fourth-order valence-corrected chi connectivity index (χ4v) is 3.30. The Balaban J connectivity index is 1.67. The van der Waals surface area contributed by atoms with E-state index < -0.39 is 23.4 Å². The Labute approximate surface area is 182 Å². The number of imide groups is 1. The number of aryl methyl sites for hydroxylation is 1. The van der Waals surface area contributed by atoms with Gasteiger partial charge in [0.05, 0.1) is 0 Å². The van der Waals surface area contributed by atoms with Gasteiger partial charge in [-0.3, -0.25) is 14.5 Å². The van der Waals surface area contributed by atoms with Crippen LogP contribution in [0.2, 0.25) is 0 Å². The molecule has 3 rings (SSSR count). The Morgan fingerprint density at radius 3 is 2.35 bits per heavy atom. The van der Waals surface area contributed by atoms with Gasteiger partial charge < -0.3 is 15.4 Å². The summed E-state index contributed by atoms with van der Waals surface area (Å²) in [5.41, 5.74) is 2.00. The number of ether oxygens (including phenoxy) is 1. The molecule has 1 unspecified atom stereocenters. The molecule has 1 atom stereocenters. The summed E-state index contributed by atoms with van der Waals surface area (Å²) in [5.74, 6) is -0.289. The number of carbonyl (C=O) groups is 3. The molecule has 2 N–H and O–H groups in total. The van der Waals surface area contributed by atoms with Gasteiger partial charge in [0, 0.05) is 5.69 Å². The van der Waals surface area contributed by atoms with Crippen LogP contribution in [-0.4, -0.2) is 35.9 Å². The maximum Gasteiger partial charge on any atom is 0.325 e. The predicted molar refractivity (Wildman–Crippen MR) is 119 cm³/mol. The zero-order chi connectivity index (χ0) is 22.6. The molecular weight excluding hydrogens is 394 g/mol. The van der Waals surface area contributed by atoms with Gasteiger partial charge in [-0.25, -0.2) is 4.79 Å². The third kappa shape index (κ3) is 4.94. The lowest BCUT2D eigenvalue weighted by atomic mass is 9.92. The van der Waals surface area contributed by atoms with Crippen molar-refractivity contribution in [2.24, 2.45) is 0 Å². The van der Waals surface area contributed by atoms with Crippen LogP contribution in [0.3, 0.4) is 0 Å². The zero-order valence-corrected chi connectivity index (χ0v) is 18.0. The molecule has 7 nitrogen and oxygen atoms in total. The van der Waals surface area contributed by atoms with Crippen LogP contribution < -0.4 is 15.4 Å². The van der Waals surface area contributed by atoms with Crippen LogP contribution >= 0.6 is 0 Å². The van der Waals surface area contributed by atoms with Crippen LogP contribution in [0.25, 0.3) is 0 Å². The summed E-state index contributed by atoms with van der Waals surface area (Å²) in [6, 6.07) is 13.8. The van der Waals surface area contributed by atoms with Crippen LogP contribution in [0, 0.1) is 0 Å². The van der Waals surface area contributed by atoms with E-state index in [4.69, 9.17) is 4.74 Å². The van der Waals surface area contributed by atoms with E-state index >= 15 is 0 Å². The Morgan fingerprint density at radius 1 is 1.13 bits per heavy atom. The van der Waals surface area contributed by atoms with E-state index in [0.29, 0.717) is 23.6 Å². The van der Waals surface area contributed by atoms with Crippen LogP contribution in [0.5, 0.6) is 5.75 Å². The van der Waals surface area contributed by atoms with Gasteiger partial charge in [-0.1, -0.05) is 37.8 Å². The number of rotatable bonds is 8. The van der Waals surface area contributed by atoms with Crippen LogP contribution in [0.15, 0.2) is 60.7 Å². The highest BCUT2D eigenvalue weighted by Crippen LogP contribution is 2.30. The van der Waals surface area contributed by atoms with E-state index in [1.165, 1.54) is 0 Å². The van der Waals surface area contributed by atoms with Crippen molar-refractivity contribution in [2.45, 2.75) is 32.7 Å². The van der Waals surface area contributed by atoms with Gasteiger partial charge in [-0.05, 0) is 61.2 Å². The highest BCUT2D eigenvalue weighted by Gasteiger charge is 2.49. The number of carbonyl (C=O) groups excluding carboxylic acids is 3. The van der Waals surface area contributed by atoms with Gasteiger partial charge in [0.15, 0.2) is 0 Å². The minimum atomic E-state index is -1.26. The lowest BCUT2D eigenvalue weighted by molar-refractivity contribution is -0.133. The molecule has 31 heavy (non-hydrogen) atoms. The second kappa shape index (κ2) is 9.04. The van der Waals surface area contributed by atoms with Crippen LogP contribution in [0.1, 0.15) is 31.9 Å². The normalized spacial score (nSPS) is 18.0. The SMILES string of the molecule is C=C(C)COc1ccc(C2(C)NC(=O)N(CC(=O)Nc3ccc(CC)cc3)C2=O)cc1. The highest BCUT2D eigenvalue weighted by molar-refractivity contribution is 6.10. The number of urea groups is 1. The fourth-order valence-electron chi connectivity index (χ4n) is 3.30. The number of nitrogens with zero attached hydrogens (tertiary/aromatic N) is 1. The summed E-state index contributed by atoms with van der Waals surface area (Å²) in [6.45, 7) is 9.36. The molecular formula is C24H27N3O4. The Morgan fingerprint density at radius 2 is 1.77 bits per heavy atom. The van der Waals surface area contributed by atoms with Gasteiger partial charge in [0.25, 0.3) is 5.91 Å². The molecule has 1 fully saturated rings. The second-order valence-electron chi connectivity index (χ2n) is 7.82. The summed E-state index contributed by atoms with van der Waals surface area (Å²) < 4.78 is 5.58. The number of benzene rings is 2. The first-order valence-electron chi connectivity index (χ1n) is 10.1. The van der Waals surface area contributed by atoms with Crippen LogP contribution in [-0.2, 0) is 21.5 Å². The van der Waals surface area contributed by atoms with E-state index in [9.17, 15) is 14.4 Å². The van der Waals surface area contributed by atoms with Crippen molar-refractivity contribution >= 4 is 23.5 Å². The number of hydrogen-bond donors (Lipinski definition) is 2. The standard InChI is InChI=1S/C24H27N3O4/c1-5-17-6-10-19(11-7-17)25-21(28)14-27-22(29)24(4,26-23(27)30)18-8-12-20(13-9-18)31-15-16(2)3/h6-13H,2,5,14-15H2,1,3-4H3,(H,25,28)(H,26,30). The van der Waals surface area contributed by atoms with E-state index in [1.54, 1.807) is 43.3 Å². The second-order valence-corrected chi connectivity index (χ2v) is 7.82. The van der Waals surface area contributed by atoms with Gasteiger partial charge in [0.2, 0.25) is 5.91 Å². The molecule has 0 bridgehead atoms. The van der Waals surface area contributed by atoms with Crippen molar-refractivity contribution < 1.29 is 19.1 Å². The molecule has 2 aromatic carbocycles. The maximum absolute atomic E-state index is 13.0. The molecule has 162 valence electrons. The minimum Gasteiger partial charge on any atom is -0.489 e. The van der Waals surface area contributed by atoms with Gasteiger partial charge in [-0.15, -0.1) is 0 Å². The quantitative estimate of drug-likeness (QED) is 0.504. The third-order valence-corrected chi connectivity index (χ3v) is 5.14. The minimum absolute atomic E-state index is 0.365. The molecule has 0 spiro atoms. The first-order valence-corrected chi connectivity index (χ1v) is 10.1. The first kappa shape index (κ1) is 22.1. The predicted octanol–water partition coefficient (Wildman–Crippen LogP) is 3.61. The average molecular weight is 421 g/mol. The topological polar surface area (TPSA) is 87.7 Å². The van der Waals surface area contributed by atoms with Crippen molar-refractivity contribution in [3.05, 3.63) is 71.8 Å². The Bertz CT molecular complexity index is 998. The average Bonchev–Trinajstić information content (AvgIpc) is 2.97. The molecule has 0 radical (unpaired) electrons. The molecule has 4 amide bonds. The Kier molecular flexibility index (Phi) is 6.44. The lowest BCUT2D eigenvalue weighted by Gasteiger charge is -2.22. The smallest absolute Gasteiger partial charge is 0.325 e. The summed E-state index contributed by atoms with van der Waals surface area (Å²) in [7, 11) is 0. The molecule has 1 heterocycles. The summed E-state index contributed by atoms with van der Waals surface area (Å²) >= 11 is 0. The number of nitrogens with one attached hydrogen (secondary N) is 2. The van der Waals surface area contributed by atoms with Gasteiger partial charge in [0.1, 0.15) is 24.4 Å². The molecule has 1 saturated heterocycles. The molecule has 1 aliphatic rings. The molecule has 1 aliphatic heterocycles. The monoisotopic (exact) mass is 421 g/mol. The third-order valence-electron chi connectivity index (χ3n) is 5.14. The lowest BCUT2D eigenvalue weighted by Crippen LogP contribution is -2.42. The maximum atomic E-state index is 13.0. The Hall–Kier alpha value is -3.61. The molecule has 0 aliphatic carbocycles. The van der Waals surface area contributed by atoms with Crippen molar-refractivity contribution in [2.75, 3.05) is 18.5 Å². The van der Waals surface area contributed by atoms with Crippen molar-refractivity contribution in [3.8, 4) is 5.75 Å². The van der Waals surface area contributed by atoms with Crippen LogP contribution in [0.4, 0.5) is 10.5 Å². The largest absolute Gasteiger partial charge is 0.489 e. The van der Waals surface area contributed by atoms with E-state index in [1.807, 2.05) is 26.0 Å². The molecule has 0 aromatic heterocycles. The van der Waals surface area contributed by atoms with E-state index in [-0.39, 0.29) is 6.54 Å². The zero-order valence-electron chi connectivity index (χ0n) is 18.0. The van der Waals surface area contributed by atoms with Crippen molar-refractivity contribution in [3.63, 3.8) is 0 Å². The number of anilines is 1. The number of amides is 4.